The van der Waals surface area contributed by atoms with Gasteiger partial charge in [0.15, 0.2) is 5.82 Å². The van der Waals surface area contributed by atoms with Gasteiger partial charge in [-0.1, -0.05) is 12.1 Å². The van der Waals surface area contributed by atoms with Gasteiger partial charge in [-0.15, -0.1) is 0 Å². The molecular formula is C13H11BrF2N2O2S. The molecule has 21 heavy (non-hydrogen) atoms. The first-order valence-electron chi connectivity index (χ1n) is 5.75. The molecule has 0 saturated heterocycles. The zero-order chi connectivity index (χ0) is 15.8. The van der Waals surface area contributed by atoms with Gasteiger partial charge in [0.2, 0.25) is 0 Å². The molecule has 112 valence electrons. The molecule has 0 saturated carbocycles. The average Bonchev–Trinajstić information content (AvgIpc) is 2.38. The summed E-state index contributed by atoms with van der Waals surface area (Å²) in [6.07, 6.45) is 0. The fourth-order valence-corrected chi connectivity index (χ4v) is 3.61. The lowest BCUT2D eigenvalue weighted by atomic mass is 10.2. The summed E-state index contributed by atoms with van der Waals surface area (Å²) in [6, 6.07) is 6.30. The topological polar surface area (TPSA) is 72.2 Å². The van der Waals surface area contributed by atoms with Gasteiger partial charge in [-0.3, -0.25) is 4.72 Å². The molecule has 0 unspecified atom stereocenters. The van der Waals surface area contributed by atoms with E-state index >= 15 is 0 Å². The Morgan fingerprint density at radius 1 is 1.24 bits per heavy atom. The van der Waals surface area contributed by atoms with E-state index in [1.165, 1.54) is 25.1 Å². The maximum absolute atomic E-state index is 14.0. The number of anilines is 2. The van der Waals surface area contributed by atoms with Crippen LogP contribution in [0.15, 0.2) is 39.7 Å². The molecule has 0 aliphatic carbocycles. The zero-order valence-electron chi connectivity index (χ0n) is 10.8. The number of nitrogens with two attached hydrogens (primary N) is 1. The van der Waals surface area contributed by atoms with E-state index in [0.717, 1.165) is 12.1 Å². The van der Waals surface area contributed by atoms with Crippen LogP contribution >= 0.6 is 15.9 Å². The standard InChI is InChI=1S/C13H11BrF2N2O2S/c1-7-3-2-4-10(15)13(7)18-21(19,20)11-6-8(17)5-9(14)12(11)16/h2-6,18H,17H2,1H3. The summed E-state index contributed by atoms with van der Waals surface area (Å²) in [4.78, 5) is -0.656. The Morgan fingerprint density at radius 3 is 2.52 bits per heavy atom. The lowest BCUT2D eigenvalue weighted by Gasteiger charge is -2.13. The van der Waals surface area contributed by atoms with Crippen molar-refractivity contribution in [3.63, 3.8) is 0 Å². The first-order chi connectivity index (χ1) is 9.72. The van der Waals surface area contributed by atoms with Gasteiger partial charge in [-0.2, -0.15) is 0 Å². The van der Waals surface area contributed by atoms with E-state index in [1.54, 1.807) is 0 Å². The van der Waals surface area contributed by atoms with E-state index in [2.05, 4.69) is 15.9 Å². The van der Waals surface area contributed by atoms with Crippen LogP contribution in [0.4, 0.5) is 20.2 Å². The summed E-state index contributed by atoms with van der Waals surface area (Å²) in [5.74, 6) is -1.74. The van der Waals surface area contributed by atoms with Gasteiger partial charge in [0.1, 0.15) is 10.7 Å². The van der Waals surface area contributed by atoms with Crippen molar-refractivity contribution >= 4 is 37.3 Å². The minimum Gasteiger partial charge on any atom is -0.399 e. The minimum atomic E-state index is -4.31. The van der Waals surface area contributed by atoms with Gasteiger partial charge < -0.3 is 5.73 Å². The van der Waals surface area contributed by atoms with Crippen molar-refractivity contribution in [2.45, 2.75) is 11.8 Å². The van der Waals surface area contributed by atoms with Gasteiger partial charge in [-0.05, 0) is 46.6 Å². The molecule has 2 rings (SSSR count). The summed E-state index contributed by atoms with van der Waals surface area (Å²) in [6.45, 7) is 1.53. The van der Waals surface area contributed by atoms with Crippen LogP contribution in [0.2, 0.25) is 0 Å². The van der Waals surface area contributed by atoms with E-state index in [1.807, 2.05) is 4.72 Å². The molecule has 0 spiro atoms. The van der Waals surface area contributed by atoms with Gasteiger partial charge in [0, 0.05) is 5.69 Å². The lowest BCUT2D eigenvalue weighted by Crippen LogP contribution is -2.17. The quantitative estimate of drug-likeness (QED) is 0.806. The van der Waals surface area contributed by atoms with Crippen LogP contribution in [-0.2, 0) is 10.0 Å². The molecule has 8 heteroatoms. The van der Waals surface area contributed by atoms with Crippen molar-refractivity contribution in [3.05, 3.63) is 52.0 Å². The van der Waals surface area contributed by atoms with E-state index in [0.29, 0.717) is 5.56 Å². The summed E-state index contributed by atoms with van der Waals surface area (Å²) >= 11 is 2.88. The molecule has 0 aliphatic heterocycles. The Morgan fingerprint density at radius 2 is 1.90 bits per heavy atom. The van der Waals surface area contributed by atoms with Crippen molar-refractivity contribution in [3.8, 4) is 0 Å². The van der Waals surface area contributed by atoms with E-state index in [-0.39, 0.29) is 15.8 Å². The highest BCUT2D eigenvalue weighted by Crippen LogP contribution is 2.29. The van der Waals surface area contributed by atoms with Crippen LogP contribution in [0, 0.1) is 18.6 Å². The minimum absolute atomic E-state index is 0.0638. The molecular weight excluding hydrogens is 366 g/mol. The number of hydrogen-bond donors (Lipinski definition) is 2. The van der Waals surface area contributed by atoms with E-state index in [4.69, 9.17) is 5.73 Å². The second-order valence-corrected chi connectivity index (χ2v) is 6.86. The number of halogens is 3. The maximum Gasteiger partial charge on any atom is 0.265 e. The number of rotatable bonds is 3. The highest BCUT2D eigenvalue weighted by atomic mass is 79.9. The smallest absolute Gasteiger partial charge is 0.265 e. The first-order valence-corrected chi connectivity index (χ1v) is 8.02. The van der Waals surface area contributed by atoms with Crippen molar-refractivity contribution in [2.75, 3.05) is 10.5 Å². The van der Waals surface area contributed by atoms with E-state index in [9.17, 15) is 17.2 Å². The van der Waals surface area contributed by atoms with Crippen LogP contribution in [0.1, 0.15) is 5.56 Å². The molecule has 3 N–H and O–H groups in total. The van der Waals surface area contributed by atoms with E-state index < -0.39 is 26.6 Å². The normalized spacial score (nSPS) is 11.4. The number of nitrogen functional groups attached to an aromatic ring is 1. The number of para-hydroxylation sites is 1. The number of nitrogens with one attached hydrogen (secondary N) is 1. The van der Waals surface area contributed by atoms with Crippen LogP contribution in [-0.4, -0.2) is 8.42 Å². The van der Waals surface area contributed by atoms with Crippen molar-refractivity contribution < 1.29 is 17.2 Å². The van der Waals surface area contributed by atoms with Crippen LogP contribution in [0.5, 0.6) is 0 Å². The maximum atomic E-state index is 14.0. The molecule has 0 aliphatic rings. The Labute approximate surface area is 129 Å². The Hall–Kier alpha value is -1.67. The summed E-state index contributed by atoms with van der Waals surface area (Å²) in [7, 11) is -4.31. The number of benzene rings is 2. The van der Waals surface area contributed by atoms with Gasteiger partial charge in [-0.25, -0.2) is 17.2 Å². The molecule has 0 amide bonds. The third-order valence-corrected chi connectivity index (χ3v) is 4.69. The Bertz CT molecular complexity index is 790. The molecule has 0 bridgehead atoms. The Kier molecular flexibility index (Phi) is 4.20. The summed E-state index contributed by atoms with van der Waals surface area (Å²) < 4.78 is 54.1. The fourth-order valence-electron chi connectivity index (χ4n) is 1.73. The predicted octanol–water partition coefficient (Wildman–Crippen LogP) is 3.42. The highest BCUT2D eigenvalue weighted by molar-refractivity contribution is 9.10. The molecule has 2 aromatic rings. The first kappa shape index (κ1) is 15.7. The van der Waals surface area contributed by atoms with Crippen molar-refractivity contribution in [1.29, 1.82) is 0 Å². The third-order valence-electron chi connectivity index (χ3n) is 2.77. The monoisotopic (exact) mass is 376 g/mol. The third kappa shape index (κ3) is 3.16. The highest BCUT2D eigenvalue weighted by Gasteiger charge is 2.23. The molecule has 0 atom stereocenters. The van der Waals surface area contributed by atoms with Crippen molar-refractivity contribution in [2.24, 2.45) is 0 Å². The van der Waals surface area contributed by atoms with Crippen LogP contribution in [0.3, 0.4) is 0 Å². The largest absolute Gasteiger partial charge is 0.399 e. The number of aryl methyl sites for hydroxylation is 1. The molecule has 2 aromatic carbocycles. The second-order valence-electron chi connectivity index (χ2n) is 4.35. The van der Waals surface area contributed by atoms with Gasteiger partial charge in [0.25, 0.3) is 10.0 Å². The zero-order valence-corrected chi connectivity index (χ0v) is 13.2. The molecule has 4 nitrogen and oxygen atoms in total. The number of hydrogen-bond acceptors (Lipinski definition) is 3. The summed E-state index contributed by atoms with van der Waals surface area (Å²) in [5.41, 5.74) is 5.73. The molecule has 0 fully saturated rings. The lowest BCUT2D eigenvalue weighted by molar-refractivity contribution is 0.566. The average molecular weight is 377 g/mol. The molecule has 0 heterocycles. The SMILES string of the molecule is Cc1cccc(F)c1NS(=O)(=O)c1cc(N)cc(Br)c1F. The molecule has 0 aromatic heterocycles. The second kappa shape index (κ2) is 5.61. The van der Waals surface area contributed by atoms with Gasteiger partial charge in [0.05, 0.1) is 10.2 Å². The summed E-state index contributed by atoms with van der Waals surface area (Å²) in [5, 5.41) is 0. The van der Waals surface area contributed by atoms with Crippen LogP contribution < -0.4 is 10.5 Å². The van der Waals surface area contributed by atoms with Gasteiger partial charge >= 0.3 is 0 Å². The van der Waals surface area contributed by atoms with Crippen molar-refractivity contribution in [1.82, 2.24) is 0 Å². The Balaban J connectivity index is 2.54. The number of sulfonamides is 1. The van der Waals surface area contributed by atoms with Crippen LogP contribution in [0.25, 0.3) is 0 Å². The molecule has 0 radical (unpaired) electrons. The predicted molar refractivity (Wildman–Crippen MR) is 80.5 cm³/mol. The fraction of sp³-hybridized carbons (Fsp3) is 0.0769.